The molecule has 3 rings (SSSR count). The molecule has 19 heavy (non-hydrogen) atoms. The molecule has 2 aromatic heterocycles. The van der Waals surface area contributed by atoms with E-state index >= 15 is 0 Å². The summed E-state index contributed by atoms with van der Waals surface area (Å²) in [5.74, 6) is 0.761. The average Bonchev–Trinajstić information content (AvgIpc) is 2.96. The molecule has 2 aromatic rings. The number of aromatic nitrogens is 2. The van der Waals surface area contributed by atoms with E-state index < -0.39 is 10.0 Å². The summed E-state index contributed by atoms with van der Waals surface area (Å²) in [6.45, 7) is 1.36. The van der Waals surface area contributed by atoms with Crippen molar-refractivity contribution in [2.24, 2.45) is 0 Å². The maximum Gasteiger partial charge on any atom is 0.253 e. The number of rotatable bonds is 2. The van der Waals surface area contributed by atoms with Crippen LogP contribution in [-0.2, 0) is 23.1 Å². The molecule has 0 aromatic carbocycles. The molecule has 0 spiro atoms. The second-order valence-electron chi connectivity index (χ2n) is 4.06. The fourth-order valence-corrected chi connectivity index (χ4v) is 5.88. The quantitative estimate of drug-likeness (QED) is 0.802. The van der Waals surface area contributed by atoms with Crippen molar-refractivity contribution in [2.45, 2.75) is 17.3 Å². The van der Waals surface area contributed by atoms with Gasteiger partial charge in [-0.05, 0) is 22.0 Å². The Kier molecular flexibility index (Phi) is 3.46. The van der Waals surface area contributed by atoms with E-state index in [2.05, 4.69) is 20.9 Å². The molecule has 0 saturated carbocycles. The molecule has 0 N–H and O–H groups in total. The molecule has 0 saturated heterocycles. The van der Waals surface area contributed by atoms with Crippen molar-refractivity contribution in [2.75, 3.05) is 6.54 Å². The zero-order valence-corrected chi connectivity index (χ0v) is 13.6. The lowest BCUT2D eigenvalue weighted by molar-refractivity contribution is 0.336. The topological polar surface area (TPSA) is 55.2 Å². The third-order valence-corrected chi connectivity index (χ3v) is 7.70. The van der Waals surface area contributed by atoms with Crippen molar-refractivity contribution in [1.82, 2.24) is 13.9 Å². The Labute approximate surface area is 128 Å². The van der Waals surface area contributed by atoms with Gasteiger partial charge in [0.25, 0.3) is 10.0 Å². The van der Waals surface area contributed by atoms with E-state index in [0.717, 1.165) is 17.2 Å². The Hall–Kier alpha value is -0.410. The van der Waals surface area contributed by atoms with Gasteiger partial charge in [0.2, 0.25) is 0 Å². The Bertz CT molecular complexity index is 705. The van der Waals surface area contributed by atoms with Crippen LogP contribution in [0.3, 0.4) is 0 Å². The summed E-state index contributed by atoms with van der Waals surface area (Å²) in [6, 6.07) is 1.48. The van der Waals surface area contributed by atoms with Gasteiger partial charge in [0.05, 0.1) is 15.4 Å². The molecule has 5 nitrogen and oxygen atoms in total. The number of halogens is 2. The second kappa shape index (κ2) is 4.85. The standard InChI is InChI=1S/C10H9BrClN3O2S2/c11-10-7(12)5-9(18-10)19(16,17)15-4-3-14-2-1-13-8(14)6-15/h1-2,5H,3-4,6H2. The largest absolute Gasteiger partial charge is 0.333 e. The van der Waals surface area contributed by atoms with E-state index in [1.165, 1.54) is 10.4 Å². The summed E-state index contributed by atoms with van der Waals surface area (Å²) in [4.78, 5) is 4.16. The zero-order chi connectivity index (χ0) is 13.6. The highest BCUT2D eigenvalue weighted by Gasteiger charge is 2.30. The molecule has 102 valence electrons. The highest BCUT2D eigenvalue weighted by Crippen LogP contribution is 2.36. The first-order valence-electron chi connectivity index (χ1n) is 5.43. The van der Waals surface area contributed by atoms with E-state index in [1.807, 2.05) is 10.8 Å². The SMILES string of the molecule is O=S(=O)(c1cc(Cl)c(Br)s1)N1CCn2ccnc2C1. The van der Waals surface area contributed by atoms with E-state index in [1.54, 1.807) is 6.20 Å². The number of hydrogen-bond donors (Lipinski definition) is 0. The number of hydrogen-bond acceptors (Lipinski definition) is 4. The Morgan fingerprint density at radius 1 is 1.42 bits per heavy atom. The fourth-order valence-electron chi connectivity index (χ4n) is 1.94. The number of sulfonamides is 1. The van der Waals surface area contributed by atoms with Crippen LogP contribution >= 0.6 is 38.9 Å². The lowest BCUT2D eigenvalue weighted by atomic mass is 10.4. The summed E-state index contributed by atoms with van der Waals surface area (Å²) in [7, 11) is -3.50. The number of imidazole rings is 1. The van der Waals surface area contributed by atoms with Crippen LogP contribution in [0, 0.1) is 0 Å². The average molecular weight is 383 g/mol. The van der Waals surface area contributed by atoms with Crippen molar-refractivity contribution in [3.8, 4) is 0 Å². The van der Waals surface area contributed by atoms with Crippen LogP contribution in [0.1, 0.15) is 5.82 Å². The van der Waals surface area contributed by atoms with Crippen LogP contribution in [0.4, 0.5) is 0 Å². The van der Waals surface area contributed by atoms with Gasteiger partial charge in [-0.25, -0.2) is 13.4 Å². The zero-order valence-electron chi connectivity index (χ0n) is 9.58. The van der Waals surface area contributed by atoms with Crippen LogP contribution in [0.5, 0.6) is 0 Å². The maximum absolute atomic E-state index is 12.5. The van der Waals surface area contributed by atoms with Crippen molar-refractivity contribution < 1.29 is 8.42 Å². The first kappa shape index (κ1) is 13.6. The first-order chi connectivity index (χ1) is 8.98. The first-order valence-corrected chi connectivity index (χ1v) is 8.86. The van der Waals surface area contributed by atoms with E-state index in [-0.39, 0.29) is 4.21 Å². The Morgan fingerprint density at radius 2 is 2.21 bits per heavy atom. The monoisotopic (exact) mass is 381 g/mol. The lowest BCUT2D eigenvalue weighted by Gasteiger charge is -2.26. The van der Waals surface area contributed by atoms with Crippen LogP contribution in [0.15, 0.2) is 26.5 Å². The molecule has 0 fully saturated rings. The highest BCUT2D eigenvalue weighted by atomic mass is 79.9. The molecule has 0 amide bonds. The van der Waals surface area contributed by atoms with Crippen LogP contribution in [-0.4, -0.2) is 28.8 Å². The smallest absolute Gasteiger partial charge is 0.253 e. The second-order valence-corrected chi connectivity index (χ2v) is 9.00. The van der Waals surface area contributed by atoms with E-state index in [9.17, 15) is 8.42 Å². The van der Waals surface area contributed by atoms with Gasteiger partial charge >= 0.3 is 0 Å². The van der Waals surface area contributed by atoms with Crippen molar-refractivity contribution in [3.63, 3.8) is 0 Å². The minimum atomic E-state index is -3.50. The van der Waals surface area contributed by atoms with Crippen molar-refractivity contribution in [1.29, 1.82) is 0 Å². The van der Waals surface area contributed by atoms with E-state index in [4.69, 9.17) is 11.6 Å². The molecule has 0 unspecified atom stereocenters. The highest BCUT2D eigenvalue weighted by molar-refractivity contribution is 9.11. The molecule has 1 aliphatic rings. The van der Waals surface area contributed by atoms with Crippen molar-refractivity contribution in [3.05, 3.63) is 33.1 Å². The summed E-state index contributed by atoms with van der Waals surface area (Å²) in [6.07, 6.45) is 3.54. The van der Waals surface area contributed by atoms with Gasteiger partial charge in [-0.2, -0.15) is 4.31 Å². The Morgan fingerprint density at radius 3 is 2.89 bits per heavy atom. The number of fused-ring (bicyclic) bond motifs is 1. The third kappa shape index (κ3) is 2.36. The summed E-state index contributed by atoms with van der Waals surface area (Å²) in [5, 5.41) is 0.419. The molecule has 0 bridgehead atoms. The van der Waals surface area contributed by atoms with Gasteiger partial charge in [-0.1, -0.05) is 11.6 Å². The molecule has 0 atom stereocenters. The fraction of sp³-hybridized carbons (Fsp3) is 0.300. The Balaban J connectivity index is 1.94. The van der Waals surface area contributed by atoms with Gasteiger partial charge in [0.1, 0.15) is 10.0 Å². The number of nitrogens with zero attached hydrogens (tertiary/aromatic N) is 3. The van der Waals surface area contributed by atoms with Gasteiger partial charge in [-0.3, -0.25) is 0 Å². The maximum atomic E-state index is 12.5. The van der Waals surface area contributed by atoms with Crippen molar-refractivity contribution >= 4 is 48.9 Å². The van der Waals surface area contributed by atoms with Crippen LogP contribution < -0.4 is 0 Å². The van der Waals surface area contributed by atoms with Crippen LogP contribution in [0.2, 0.25) is 5.02 Å². The van der Waals surface area contributed by atoms with Gasteiger partial charge < -0.3 is 4.57 Å². The molecule has 0 aliphatic carbocycles. The molecule has 1 aliphatic heterocycles. The normalized spacial score (nSPS) is 16.5. The lowest BCUT2D eigenvalue weighted by Crippen LogP contribution is -2.37. The predicted octanol–water partition coefficient (Wildman–Crippen LogP) is 2.57. The molecular weight excluding hydrogens is 374 g/mol. The minimum absolute atomic E-state index is 0.254. The predicted molar refractivity (Wildman–Crippen MR) is 76.9 cm³/mol. The summed E-state index contributed by atoms with van der Waals surface area (Å²) >= 11 is 10.3. The molecule has 3 heterocycles. The minimum Gasteiger partial charge on any atom is -0.333 e. The third-order valence-electron chi connectivity index (χ3n) is 2.93. The van der Waals surface area contributed by atoms with Gasteiger partial charge in [0.15, 0.2) is 0 Å². The van der Waals surface area contributed by atoms with Gasteiger partial charge in [-0.15, -0.1) is 11.3 Å². The van der Waals surface area contributed by atoms with E-state index in [0.29, 0.717) is 28.4 Å². The van der Waals surface area contributed by atoms with Gasteiger partial charge in [0, 0.05) is 25.5 Å². The molecule has 0 radical (unpaired) electrons. The summed E-state index contributed by atoms with van der Waals surface area (Å²) < 4.78 is 29.3. The molecule has 9 heteroatoms. The summed E-state index contributed by atoms with van der Waals surface area (Å²) in [5.41, 5.74) is 0. The number of thiophene rings is 1. The molecular formula is C10H9BrClN3O2S2. The van der Waals surface area contributed by atoms with Crippen LogP contribution in [0.25, 0.3) is 0 Å².